The lowest BCUT2D eigenvalue weighted by Crippen LogP contribution is -2.13. The van der Waals surface area contributed by atoms with Gasteiger partial charge in [0, 0.05) is 19.3 Å². The number of aromatic nitrogens is 1. The quantitative estimate of drug-likeness (QED) is 0.707. The fourth-order valence-corrected chi connectivity index (χ4v) is 2.51. The van der Waals surface area contributed by atoms with Gasteiger partial charge in [-0.3, -0.25) is 4.98 Å². The monoisotopic (exact) mass is 318 g/mol. The first-order valence-corrected chi connectivity index (χ1v) is 8.17. The molecule has 0 unspecified atom stereocenters. The van der Waals surface area contributed by atoms with Crippen molar-refractivity contribution in [3.05, 3.63) is 95.3 Å². The number of ether oxygens (including phenoxy) is 1. The molecule has 3 aromatic rings. The molecule has 1 aromatic heterocycles. The third kappa shape index (κ3) is 4.93. The normalized spacial score (nSPS) is 10.5. The number of pyridine rings is 1. The predicted molar refractivity (Wildman–Crippen MR) is 96.7 cm³/mol. The molecule has 3 nitrogen and oxygen atoms in total. The Bertz CT molecular complexity index is 754. The van der Waals surface area contributed by atoms with E-state index in [1.54, 1.807) is 0 Å². The van der Waals surface area contributed by atoms with Crippen LogP contribution in [0.25, 0.3) is 0 Å². The fraction of sp³-hybridized carbons (Fsp3) is 0.190. The van der Waals surface area contributed by atoms with E-state index in [9.17, 15) is 0 Å². The second-order valence-electron chi connectivity index (χ2n) is 5.85. The van der Waals surface area contributed by atoms with Gasteiger partial charge in [0.05, 0.1) is 5.69 Å². The van der Waals surface area contributed by atoms with Gasteiger partial charge in [-0.15, -0.1) is 0 Å². The van der Waals surface area contributed by atoms with E-state index < -0.39 is 0 Å². The number of aryl methyl sites for hydroxylation is 1. The minimum Gasteiger partial charge on any atom is -0.489 e. The van der Waals surface area contributed by atoms with Gasteiger partial charge >= 0.3 is 0 Å². The van der Waals surface area contributed by atoms with Crippen molar-refractivity contribution in [3.63, 3.8) is 0 Å². The lowest BCUT2D eigenvalue weighted by Gasteiger charge is -2.09. The van der Waals surface area contributed by atoms with Crippen LogP contribution in [0.15, 0.2) is 72.9 Å². The van der Waals surface area contributed by atoms with E-state index in [0.29, 0.717) is 6.61 Å². The molecule has 3 rings (SSSR count). The van der Waals surface area contributed by atoms with Crippen LogP contribution in [0.2, 0.25) is 0 Å². The summed E-state index contributed by atoms with van der Waals surface area (Å²) in [7, 11) is 0. The molecule has 0 fully saturated rings. The maximum atomic E-state index is 5.85. The summed E-state index contributed by atoms with van der Waals surface area (Å²) in [6.45, 7) is 4.27. The highest BCUT2D eigenvalue weighted by Crippen LogP contribution is 2.15. The first kappa shape index (κ1) is 16.2. The van der Waals surface area contributed by atoms with Crippen LogP contribution in [-0.4, -0.2) is 4.98 Å². The van der Waals surface area contributed by atoms with E-state index in [0.717, 1.165) is 24.5 Å². The van der Waals surface area contributed by atoms with Crippen molar-refractivity contribution in [2.24, 2.45) is 0 Å². The Balaban J connectivity index is 1.46. The zero-order valence-corrected chi connectivity index (χ0v) is 13.9. The predicted octanol–water partition coefficient (Wildman–Crippen LogP) is 4.26. The summed E-state index contributed by atoms with van der Waals surface area (Å²) in [5.41, 5.74) is 4.73. The first-order valence-electron chi connectivity index (χ1n) is 8.17. The van der Waals surface area contributed by atoms with Gasteiger partial charge in [0.25, 0.3) is 0 Å². The zero-order chi connectivity index (χ0) is 16.6. The van der Waals surface area contributed by atoms with Crippen molar-refractivity contribution < 1.29 is 4.74 Å². The van der Waals surface area contributed by atoms with Crippen LogP contribution in [0.4, 0.5) is 0 Å². The summed E-state index contributed by atoms with van der Waals surface area (Å²) < 4.78 is 5.85. The zero-order valence-electron chi connectivity index (χ0n) is 13.9. The van der Waals surface area contributed by atoms with Crippen molar-refractivity contribution in [3.8, 4) is 5.75 Å². The van der Waals surface area contributed by atoms with Gasteiger partial charge in [0.1, 0.15) is 12.4 Å². The van der Waals surface area contributed by atoms with Crippen LogP contribution >= 0.6 is 0 Å². The van der Waals surface area contributed by atoms with E-state index in [1.165, 1.54) is 16.7 Å². The van der Waals surface area contributed by atoms with Crippen molar-refractivity contribution >= 4 is 0 Å². The molecule has 0 amide bonds. The highest BCUT2D eigenvalue weighted by molar-refractivity contribution is 5.28. The van der Waals surface area contributed by atoms with Crippen LogP contribution < -0.4 is 10.1 Å². The summed E-state index contributed by atoms with van der Waals surface area (Å²) in [6.07, 6.45) is 1.82. The van der Waals surface area contributed by atoms with Gasteiger partial charge in [-0.2, -0.15) is 0 Å². The number of nitrogens with zero attached hydrogens (tertiary/aromatic N) is 1. The average Bonchev–Trinajstić information content (AvgIpc) is 2.62. The lowest BCUT2D eigenvalue weighted by molar-refractivity contribution is 0.306. The number of hydrogen-bond donors (Lipinski definition) is 1. The molecule has 0 aliphatic rings. The Morgan fingerprint density at radius 2 is 1.75 bits per heavy atom. The fourth-order valence-electron chi connectivity index (χ4n) is 2.51. The molecule has 0 aliphatic carbocycles. The molecular weight excluding hydrogens is 296 g/mol. The highest BCUT2D eigenvalue weighted by atomic mass is 16.5. The number of nitrogens with one attached hydrogen (secondary N) is 1. The van der Waals surface area contributed by atoms with E-state index in [-0.39, 0.29) is 0 Å². The summed E-state index contributed by atoms with van der Waals surface area (Å²) in [6, 6.07) is 22.6. The molecule has 0 spiro atoms. The van der Waals surface area contributed by atoms with Gasteiger partial charge in [0.2, 0.25) is 0 Å². The summed E-state index contributed by atoms with van der Waals surface area (Å²) >= 11 is 0. The van der Waals surface area contributed by atoms with Crippen LogP contribution in [0.3, 0.4) is 0 Å². The molecule has 0 saturated heterocycles. The summed E-state index contributed by atoms with van der Waals surface area (Å²) in [5.74, 6) is 0.894. The van der Waals surface area contributed by atoms with Crippen molar-refractivity contribution in [2.75, 3.05) is 0 Å². The number of rotatable bonds is 7. The minimum absolute atomic E-state index is 0.596. The second-order valence-corrected chi connectivity index (χ2v) is 5.85. The van der Waals surface area contributed by atoms with Crippen LogP contribution in [0.1, 0.15) is 22.4 Å². The van der Waals surface area contributed by atoms with Crippen LogP contribution in [-0.2, 0) is 19.7 Å². The Morgan fingerprint density at radius 3 is 2.50 bits per heavy atom. The second kappa shape index (κ2) is 8.27. The van der Waals surface area contributed by atoms with E-state index >= 15 is 0 Å². The first-order chi connectivity index (χ1) is 11.8. The maximum Gasteiger partial charge on any atom is 0.119 e. The maximum absolute atomic E-state index is 5.85. The van der Waals surface area contributed by atoms with Gasteiger partial charge in [-0.1, -0.05) is 48.0 Å². The molecule has 1 heterocycles. The molecule has 0 radical (unpaired) electrons. The SMILES string of the molecule is Cc1cccc(COc2ccc(CNCc3ccccn3)cc2)c1. The third-order valence-corrected chi connectivity index (χ3v) is 3.77. The van der Waals surface area contributed by atoms with E-state index in [4.69, 9.17) is 4.74 Å². The topological polar surface area (TPSA) is 34.1 Å². The molecule has 0 aliphatic heterocycles. The van der Waals surface area contributed by atoms with E-state index in [2.05, 4.69) is 53.6 Å². The Labute approximate surface area is 143 Å². The van der Waals surface area contributed by atoms with E-state index in [1.807, 2.05) is 36.5 Å². The standard InChI is InChI=1S/C21H22N2O/c1-17-5-4-6-19(13-17)16-24-21-10-8-18(9-11-21)14-22-15-20-7-2-3-12-23-20/h2-13,22H,14-16H2,1H3. The molecule has 0 saturated carbocycles. The van der Waals surface area contributed by atoms with Crippen molar-refractivity contribution in [1.82, 2.24) is 10.3 Å². The molecule has 0 bridgehead atoms. The molecule has 122 valence electrons. The van der Waals surface area contributed by atoms with Gasteiger partial charge < -0.3 is 10.1 Å². The number of hydrogen-bond acceptors (Lipinski definition) is 3. The average molecular weight is 318 g/mol. The van der Waals surface area contributed by atoms with Gasteiger partial charge in [0.15, 0.2) is 0 Å². The lowest BCUT2D eigenvalue weighted by atomic mass is 10.1. The van der Waals surface area contributed by atoms with Crippen molar-refractivity contribution in [1.29, 1.82) is 0 Å². The molecule has 0 atom stereocenters. The molecular formula is C21H22N2O. The van der Waals surface area contributed by atoms with Gasteiger partial charge in [-0.05, 0) is 42.3 Å². The highest BCUT2D eigenvalue weighted by Gasteiger charge is 1.99. The number of benzene rings is 2. The molecule has 3 heteroatoms. The Kier molecular flexibility index (Phi) is 5.59. The third-order valence-electron chi connectivity index (χ3n) is 3.77. The molecule has 24 heavy (non-hydrogen) atoms. The molecule has 2 aromatic carbocycles. The smallest absolute Gasteiger partial charge is 0.119 e. The summed E-state index contributed by atoms with van der Waals surface area (Å²) in [5, 5.41) is 3.40. The molecule has 1 N–H and O–H groups in total. The van der Waals surface area contributed by atoms with Crippen LogP contribution in [0.5, 0.6) is 5.75 Å². The van der Waals surface area contributed by atoms with Crippen LogP contribution in [0, 0.1) is 6.92 Å². The largest absolute Gasteiger partial charge is 0.489 e. The van der Waals surface area contributed by atoms with Crippen molar-refractivity contribution in [2.45, 2.75) is 26.6 Å². The Hall–Kier alpha value is -2.65. The summed E-state index contributed by atoms with van der Waals surface area (Å²) in [4.78, 5) is 4.30. The Morgan fingerprint density at radius 1 is 0.875 bits per heavy atom. The minimum atomic E-state index is 0.596. The van der Waals surface area contributed by atoms with Gasteiger partial charge in [-0.25, -0.2) is 0 Å².